The van der Waals surface area contributed by atoms with Crippen LogP contribution in [-0.4, -0.2) is 22.4 Å². The van der Waals surface area contributed by atoms with E-state index in [-0.39, 0.29) is 12.5 Å². The van der Waals surface area contributed by atoms with Gasteiger partial charge in [0.2, 0.25) is 0 Å². The summed E-state index contributed by atoms with van der Waals surface area (Å²) in [6.45, 7) is 0.0818. The molecule has 0 aromatic heterocycles. The van der Waals surface area contributed by atoms with Crippen LogP contribution in [0.2, 0.25) is 0 Å². The molecule has 1 unspecified atom stereocenters. The van der Waals surface area contributed by atoms with Crippen LogP contribution in [0, 0.1) is 5.92 Å². The first-order chi connectivity index (χ1) is 7.29. The van der Waals surface area contributed by atoms with Crippen LogP contribution in [0.5, 0.6) is 0 Å². The molecule has 1 aliphatic heterocycles. The van der Waals surface area contributed by atoms with E-state index >= 15 is 0 Å². The fourth-order valence-electron chi connectivity index (χ4n) is 1.75. The van der Waals surface area contributed by atoms with Crippen molar-refractivity contribution in [2.45, 2.75) is 13.0 Å². The van der Waals surface area contributed by atoms with Gasteiger partial charge in [0.15, 0.2) is 0 Å². The van der Waals surface area contributed by atoms with Crippen LogP contribution in [0.1, 0.15) is 11.1 Å². The van der Waals surface area contributed by atoms with Gasteiger partial charge in [-0.05, 0) is 17.5 Å². The number of carbonyl (C=O) groups excluding carboxylic acids is 1. The summed E-state index contributed by atoms with van der Waals surface area (Å²) in [5.41, 5.74) is 2.11. The van der Waals surface area contributed by atoms with Crippen molar-refractivity contribution in [1.29, 1.82) is 0 Å². The third kappa shape index (κ3) is 2.61. The smallest absolute Gasteiger partial charge is 0.146 e. The molecule has 80 valence electrons. The molecule has 1 N–H and O–H groups in total. The number of hydrogen-bond acceptors (Lipinski definition) is 3. The Bertz CT molecular complexity index is 345. The molecule has 1 aromatic rings. The topological polar surface area (TPSA) is 37.3 Å². The highest BCUT2D eigenvalue weighted by Crippen LogP contribution is 2.23. The Morgan fingerprint density at radius 1 is 1.27 bits per heavy atom. The summed E-state index contributed by atoms with van der Waals surface area (Å²) in [4.78, 5) is 11.4. The summed E-state index contributed by atoms with van der Waals surface area (Å²) in [6, 6.07) is 7.84. The first-order valence-corrected chi connectivity index (χ1v) is 6.24. The highest BCUT2D eigenvalue weighted by molar-refractivity contribution is 8.00. The molecule has 1 fully saturated rings. The average molecular weight is 222 g/mol. The van der Waals surface area contributed by atoms with E-state index in [9.17, 15) is 4.79 Å². The van der Waals surface area contributed by atoms with Crippen LogP contribution in [0.4, 0.5) is 0 Å². The number of carbonyl (C=O) groups is 1. The van der Waals surface area contributed by atoms with Gasteiger partial charge < -0.3 is 5.11 Å². The average Bonchev–Trinajstić information content (AvgIpc) is 2.66. The zero-order valence-electron chi connectivity index (χ0n) is 8.48. The summed E-state index contributed by atoms with van der Waals surface area (Å²) in [5, 5.41) is 8.90. The number of aliphatic hydroxyl groups is 1. The molecule has 1 saturated heterocycles. The van der Waals surface area contributed by atoms with Gasteiger partial charge in [0.1, 0.15) is 5.78 Å². The Labute approximate surface area is 93.7 Å². The van der Waals surface area contributed by atoms with E-state index in [0.29, 0.717) is 11.5 Å². The summed E-state index contributed by atoms with van der Waals surface area (Å²) < 4.78 is 0. The second kappa shape index (κ2) is 4.81. The minimum atomic E-state index is 0.0818. The normalized spacial score (nSPS) is 20.9. The molecule has 0 spiro atoms. The number of thioether (sulfide) groups is 1. The largest absolute Gasteiger partial charge is 0.392 e. The molecule has 2 rings (SSSR count). The zero-order valence-corrected chi connectivity index (χ0v) is 9.30. The number of rotatable bonds is 3. The number of hydrogen-bond donors (Lipinski definition) is 1. The number of benzene rings is 1. The van der Waals surface area contributed by atoms with E-state index in [2.05, 4.69) is 0 Å². The van der Waals surface area contributed by atoms with Crippen molar-refractivity contribution in [3.63, 3.8) is 0 Å². The maximum atomic E-state index is 11.4. The van der Waals surface area contributed by atoms with Crippen LogP contribution in [0.3, 0.4) is 0 Å². The Morgan fingerprint density at radius 2 is 1.93 bits per heavy atom. The molecule has 0 saturated carbocycles. The molecule has 1 heterocycles. The van der Waals surface area contributed by atoms with Crippen LogP contribution in [-0.2, 0) is 17.8 Å². The van der Waals surface area contributed by atoms with Crippen molar-refractivity contribution in [1.82, 2.24) is 0 Å². The molecular formula is C12H14O2S. The highest BCUT2D eigenvalue weighted by Gasteiger charge is 2.24. The van der Waals surface area contributed by atoms with Gasteiger partial charge in [-0.3, -0.25) is 4.79 Å². The molecule has 2 nitrogen and oxygen atoms in total. The lowest BCUT2D eigenvalue weighted by Crippen LogP contribution is -2.13. The summed E-state index contributed by atoms with van der Waals surface area (Å²) in [7, 11) is 0. The predicted octanol–water partition coefficient (Wildman–Crippen LogP) is 1.65. The van der Waals surface area contributed by atoms with Crippen molar-refractivity contribution >= 4 is 17.5 Å². The van der Waals surface area contributed by atoms with Crippen molar-refractivity contribution in [2.24, 2.45) is 5.92 Å². The Balaban J connectivity index is 2.01. The highest BCUT2D eigenvalue weighted by atomic mass is 32.2. The van der Waals surface area contributed by atoms with Crippen molar-refractivity contribution in [3.8, 4) is 0 Å². The van der Waals surface area contributed by atoms with Gasteiger partial charge >= 0.3 is 0 Å². The Kier molecular flexibility index (Phi) is 3.44. The molecule has 1 aromatic carbocycles. The molecule has 3 heteroatoms. The van der Waals surface area contributed by atoms with Crippen LogP contribution >= 0.6 is 11.8 Å². The van der Waals surface area contributed by atoms with E-state index in [0.717, 1.165) is 17.7 Å². The third-order valence-electron chi connectivity index (χ3n) is 2.71. The van der Waals surface area contributed by atoms with E-state index < -0.39 is 0 Å². The fraction of sp³-hybridized carbons (Fsp3) is 0.417. The molecule has 0 bridgehead atoms. The van der Waals surface area contributed by atoms with Gasteiger partial charge in [0.05, 0.1) is 12.4 Å². The van der Waals surface area contributed by atoms with E-state index in [4.69, 9.17) is 5.11 Å². The summed E-state index contributed by atoms with van der Waals surface area (Å²) in [6.07, 6.45) is 0.845. The monoisotopic (exact) mass is 222 g/mol. The predicted molar refractivity (Wildman–Crippen MR) is 61.9 cm³/mol. The van der Waals surface area contributed by atoms with Gasteiger partial charge in [-0.15, -0.1) is 0 Å². The minimum Gasteiger partial charge on any atom is -0.392 e. The molecule has 0 aliphatic carbocycles. The van der Waals surface area contributed by atoms with E-state index in [1.165, 1.54) is 5.56 Å². The lowest BCUT2D eigenvalue weighted by Gasteiger charge is -2.07. The van der Waals surface area contributed by atoms with Gasteiger partial charge in [-0.25, -0.2) is 0 Å². The zero-order chi connectivity index (χ0) is 10.7. The van der Waals surface area contributed by atoms with Crippen LogP contribution in [0.15, 0.2) is 24.3 Å². The SMILES string of the molecule is O=C1CSCC1Cc1ccc(CO)cc1. The molecule has 0 amide bonds. The van der Waals surface area contributed by atoms with Crippen molar-refractivity contribution < 1.29 is 9.90 Å². The fourth-order valence-corrected chi connectivity index (χ4v) is 2.89. The van der Waals surface area contributed by atoms with Crippen molar-refractivity contribution in [3.05, 3.63) is 35.4 Å². The number of ketones is 1. The number of aliphatic hydroxyl groups excluding tert-OH is 1. The standard InChI is InChI=1S/C12H14O2S/c13-6-10-3-1-9(2-4-10)5-11-7-15-8-12(11)14/h1-4,11,13H,5-8H2. The lowest BCUT2D eigenvalue weighted by molar-refractivity contribution is -0.119. The summed E-state index contributed by atoms with van der Waals surface area (Å²) >= 11 is 1.73. The lowest BCUT2D eigenvalue weighted by atomic mass is 9.97. The number of Topliss-reactive ketones (excluding diaryl/α,β-unsaturated/α-hetero) is 1. The Morgan fingerprint density at radius 3 is 2.47 bits per heavy atom. The quantitative estimate of drug-likeness (QED) is 0.845. The van der Waals surface area contributed by atoms with E-state index in [1.807, 2.05) is 24.3 Å². The molecule has 1 aliphatic rings. The molecule has 1 atom stereocenters. The van der Waals surface area contributed by atoms with Gasteiger partial charge in [-0.2, -0.15) is 11.8 Å². The third-order valence-corrected chi connectivity index (χ3v) is 3.83. The van der Waals surface area contributed by atoms with Crippen LogP contribution < -0.4 is 0 Å². The minimum absolute atomic E-state index is 0.0818. The van der Waals surface area contributed by atoms with Crippen molar-refractivity contribution in [2.75, 3.05) is 11.5 Å². The first-order valence-electron chi connectivity index (χ1n) is 5.08. The van der Waals surface area contributed by atoms with Gasteiger partial charge in [0, 0.05) is 11.7 Å². The molecular weight excluding hydrogens is 208 g/mol. The second-order valence-corrected chi connectivity index (χ2v) is 4.89. The van der Waals surface area contributed by atoms with Gasteiger partial charge in [-0.1, -0.05) is 24.3 Å². The Hall–Kier alpha value is -0.800. The van der Waals surface area contributed by atoms with Crippen LogP contribution in [0.25, 0.3) is 0 Å². The molecule has 0 radical (unpaired) electrons. The van der Waals surface area contributed by atoms with E-state index in [1.54, 1.807) is 11.8 Å². The molecule has 15 heavy (non-hydrogen) atoms. The maximum Gasteiger partial charge on any atom is 0.146 e. The second-order valence-electron chi connectivity index (χ2n) is 3.86. The van der Waals surface area contributed by atoms with Gasteiger partial charge in [0.25, 0.3) is 0 Å². The first kappa shape index (κ1) is 10.7. The summed E-state index contributed by atoms with van der Waals surface area (Å²) in [5.74, 6) is 2.22. The maximum absolute atomic E-state index is 11.4.